The van der Waals surface area contributed by atoms with Crippen molar-refractivity contribution in [2.24, 2.45) is 0 Å². The molecule has 0 bridgehead atoms. The molecular formula is C19H23N5O4. The van der Waals surface area contributed by atoms with Crippen molar-refractivity contribution in [3.63, 3.8) is 0 Å². The number of benzene rings is 1. The van der Waals surface area contributed by atoms with E-state index < -0.39 is 24.5 Å². The van der Waals surface area contributed by atoms with Crippen molar-refractivity contribution in [1.82, 2.24) is 25.4 Å². The molecule has 1 aliphatic carbocycles. The van der Waals surface area contributed by atoms with Crippen LogP contribution in [0.15, 0.2) is 36.9 Å². The monoisotopic (exact) mass is 385 g/mol. The van der Waals surface area contributed by atoms with Crippen LogP contribution >= 0.6 is 0 Å². The standard InChI is InChI=1S/C19H23N5O4/c25-17(23-19(27)22-16-4-2-1-3-5-16)11-28-18(26)15-8-6-14(7-9-15)10-24-13-20-12-21-24/h6-9,12-13,16H,1-5,10-11H2,(H2,22,23,25,27). The second-order valence-electron chi connectivity index (χ2n) is 6.72. The number of carbonyl (C=O) groups excluding carboxylic acids is 3. The fourth-order valence-electron chi connectivity index (χ4n) is 3.09. The average Bonchev–Trinajstić information content (AvgIpc) is 3.20. The number of nitrogens with one attached hydrogen (secondary N) is 2. The summed E-state index contributed by atoms with van der Waals surface area (Å²) in [5, 5.41) is 8.97. The van der Waals surface area contributed by atoms with E-state index in [0.717, 1.165) is 31.2 Å². The zero-order chi connectivity index (χ0) is 19.8. The molecule has 1 saturated carbocycles. The Morgan fingerprint density at radius 3 is 2.54 bits per heavy atom. The van der Waals surface area contributed by atoms with Crippen LogP contribution < -0.4 is 10.6 Å². The minimum absolute atomic E-state index is 0.0973. The highest BCUT2D eigenvalue weighted by molar-refractivity contribution is 5.97. The van der Waals surface area contributed by atoms with E-state index in [4.69, 9.17) is 4.74 Å². The van der Waals surface area contributed by atoms with E-state index in [-0.39, 0.29) is 6.04 Å². The number of imide groups is 1. The van der Waals surface area contributed by atoms with Gasteiger partial charge < -0.3 is 10.1 Å². The molecular weight excluding hydrogens is 362 g/mol. The Kier molecular flexibility index (Phi) is 6.72. The Balaban J connectivity index is 1.40. The van der Waals surface area contributed by atoms with Gasteiger partial charge in [-0.3, -0.25) is 10.1 Å². The highest BCUT2D eigenvalue weighted by atomic mass is 16.5. The van der Waals surface area contributed by atoms with Crippen LogP contribution in [0.5, 0.6) is 0 Å². The molecule has 0 unspecified atom stereocenters. The molecule has 2 aromatic rings. The summed E-state index contributed by atoms with van der Waals surface area (Å²) in [6, 6.07) is 6.32. The number of amides is 3. The lowest BCUT2D eigenvalue weighted by molar-refractivity contribution is -0.123. The molecule has 1 aromatic carbocycles. The number of urea groups is 1. The minimum atomic E-state index is -0.663. The zero-order valence-corrected chi connectivity index (χ0v) is 15.5. The number of carbonyl (C=O) groups is 3. The molecule has 1 aliphatic rings. The van der Waals surface area contributed by atoms with Gasteiger partial charge in [0.25, 0.3) is 5.91 Å². The maximum Gasteiger partial charge on any atom is 0.338 e. The first kappa shape index (κ1) is 19.5. The first-order chi connectivity index (χ1) is 13.6. The fourth-order valence-corrected chi connectivity index (χ4v) is 3.09. The maximum atomic E-state index is 12.0. The van der Waals surface area contributed by atoms with E-state index in [2.05, 4.69) is 20.7 Å². The molecule has 0 saturated heterocycles. The predicted molar refractivity (Wildman–Crippen MR) is 99.4 cm³/mol. The molecule has 2 N–H and O–H groups in total. The van der Waals surface area contributed by atoms with Crippen molar-refractivity contribution in [3.05, 3.63) is 48.0 Å². The molecule has 28 heavy (non-hydrogen) atoms. The van der Waals surface area contributed by atoms with Crippen LogP contribution in [-0.4, -0.2) is 45.3 Å². The number of aromatic nitrogens is 3. The molecule has 3 amide bonds. The number of rotatable bonds is 6. The summed E-state index contributed by atoms with van der Waals surface area (Å²) >= 11 is 0. The van der Waals surface area contributed by atoms with Crippen molar-refractivity contribution in [2.45, 2.75) is 44.7 Å². The van der Waals surface area contributed by atoms with E-state index >= 15 is 0 Å². The summed E-state index contributed by atoms with van der Waals surface area (Å²) in [7, 11) is 0. The third-order valence-electron chi connectivity index (χ3n) is 4.53. The van der Waals surface area contributed by atoms with E-state index in [1.807, 2.05) is 0 Å². The number of ether oxygens (including phenoxy) is 1. The Morgan fingerprint density at radius 1 is 1.11 bits per heavy atom. The highest BCUT2D eigenvalue weighted by Crippen LogP contribution is 2.17. The van der Waals surface area contributed by atoms with Gasteiger partial charge in [-0.05, 0) is 30.5 Å². The van der Waals surface area contributed by atoms with Crippen LogP contribution in [0.2, 0.25) is 0 Å². The number of hydrogen-bond acceptors (Lipinski definition) is 6. The SMILES string of the molecule is O=C(COC(=O)c1ccc(Cn2cncn2)cc1)NC(=O)NC1CCCCC1. The van der Waals surface area contributed by atoms with Gasteiger partial charge in [0.05, 0.1) is 12.1 Å². The van der Waals surface area contributed by atoms with Gasteiger partial charge in [-0.1, -0.05) is 31.4 Å². The molecule has 9 heteroatoms. The van der Waals surface area contributed by atoms with Gasteiger partial charge in [-0.25, -0.2) is 19.3 Å². The second kappa shape index (κ2) is 9.63. The van der Waals surface area contributed by atoms with Crippen molar-refractivity contribution in [1.29, 1.82) is 0 Å². The van der Waals surface area contributed by atoms with E-state index in [9.17, 15) is 14.4 Å². The number of nitrogens with zero attached hydrogens (tertiary/aromatic N) is 3. The molecule has 0 spiro atoms. The third kappa shape index (κ3) is 5.90. The lowest BCUT2D eigenvalue weighted by Gasteiger charge is -2.22. The largest absolute Gasteiger partial charge is 0.452 e. The van der Waals surface area contributed by atoms with Gasteiger partial charge in [0, 0.05) is 6.04 Å². The van der Waals surface area contributed by atoms with E-state index in [0.29, 0.717) is 12.1 Å². The Bertz CT molecular complexity index is 798. The predicted octanol–water partition coefficient (Wildman–Crippen LogP) is 1.64. The number of hydrogen-bond donors (Lipinski definition) is 2. The molecule has 0 radical (unpaired) electrons. The van der Waals surface area contributed by atoms with Gasteiger partial charge >= 0.3 is 12.0 Å². The molecule has 148 valence electrons. The van der Waals surface area contributed by atoms with Gasteiger partial charge in [0.15, 0.2) is 6.61 Å². The van der Waals surface area contributed by atoms with Crippen molar-refractivity contribution in [2.75, 3.05) is 6.61 Å². The molecule has 3 rings (SSSR count). The van der Waals surface area contributed by atoms with Gasteiger partial charge in [0.1, 0.15) is 12.7 Å². The smallest absolute Gasteiger partial charge is 0.338 e. The highest BCUT2D eigenvalue weighted by Gasteiger charge is 2.17. The van der Waals surface area contributed by atoms with E-state index in [1.54, 1.807) is 35.3 Å². The van der Waals surface area contributed by atoms with Crippen molar-refractivity contribution >= 4 is 17.9 Å². The first-order valence-electron chi connectivity index (χ1n) is 9.29. The van der Waals surface area contributed by atoms with Crippen LogP contribution in [0.1, 0.15) is 48.0 Å². The average molecular weight is 385 g/mol. The Hall–Kier alpha value is -3.23. The topological polar surface area (TPSA) is 115 Å². The van der Waals surface area contributed by atoms with Gasteiger partial charge in [-0.2, -0.15) is 5.10 Å². The summed E-state index contributed by atoms with van der Waals surface area (Å²) in [6.45, 7) is 0.0193. The van der Waals surface area contributed by atoms with Crippen LogP contribution in [-0.2, 0) is 16.1 Å². The lowest BCUT2D eigenvalue weighted by atomic mass is 9.96. The summed E-state index contributed by atoms with van der Waals surface area (Å²) in [5.74, 6) is -1.29. The minimum Gasteiger partial charge on any atom is -0.452 e. The van der Waals surface area contributed by atoms with Crippen LogP contribution in [0.25, 0.3) is 0 Å². The molecule has 1 aromatic heterocycles. The van der Waals surface area contributed by atoms with Gasteiger partial charge in [0.2, 0.25) is 0 Å². The summed E-state index contributed by atoms with van der Waals surface area (Å²) < 4.78 is 6.63. The fraction of sp³-hybridized carbons (Fsp3) is 0.421. The molecule has 1 fully saturated rings. The molecule has 0 atom stereocenters. The number of esters is 1. The van der Waals surface area contributed by atoms with Gasteiger partial charge in [-0.15, -0.1) is 0 Å². The summed E-state index contributed by atoms with van der Waals surface area (Å²) in [6.07, 6.45) is 8.22. The van der Waals surface area contributed by atoms with Crippen LogP contribution in [0.3, 0.4) is 0 Å². The molecule has 0 aliphatic heterocycles. The maximum absolute atomic E-state index is 12.0. The normalized spacial score (nSPS) is 14.3. The van der Waals surface area contributed by atoms with Crippen molar-refractivity contribution in [3.8, 4) is 0 Å². The summed E-state index contributed by atoms with van der Waals surface area (Å²) in [5.41, 5.74) is 1.26. The Morgan fingerprint density at radius 2 is 1.86 bits per heavy atom. The Labute approximate surface area is 162 Å². The quantitative estimate of drug-likeness (QED) is 0.731. The zero-order valence-electron chi connectivity index (χ0n) is 15.5. The van der Waals surface area contributed by atoms with Crippen LogP contribution in [0, 0.1) is 0 Å². The molecule has 1 heterocycles. The third-order valence-corrected chi connectivity index (χ3v) is 4.53. The second-order valence-corrected chi connectivity index (χ2v) is 6.72. The first-order valence-corrected chi connectivity index (χ1v) is 9.29. The van der Waals surface area contributed by atoms with Crippen molar-refractivity contribution < 1.29 is 19.1 Å². The lowest BCUT2D eigenvalue weighted by Crippen LogP contribution is -2.46. The van der Waals surface area contributed by atoms with Crippen LogP contribution in [0.4, 0.5) is 4.79 Å². The van der Waals surface area contributed by atoms with E-state index in [1.165, 1.54) is 12.7 Å². The summed E-state index contributed by atoms with van der Waals surface area (Å²) in [4.78, 5) is 39.5. The molecule has 9 nitrogen and oxygen atoms in total.